The first-order valence-corrected chi connectivity index (χ1v) is 10.9. The van der Waals surface area contributed by atoms with Crippen molar-refractivity contribution < 1.29 is 14.4 Å². The maximum absolute atomic E-state index is 13.4. The van der Waals surface area contributed by atoms with Crippen LogP contribution in [-0.2, 0) is 16.0 Å². The SMILES string of the molecule is CC/C=C\c1nc(C)n(C2CCC(=O)NC2=O)c(=O)c1CCNC(=O)c1ccc(Cl)cc1. The minimum atomic E-state index is -0.792. The van der Waals surface area contributed by atoms with Gasteiger partial charge in [-0.05, 0) is 56.5 Å². The molecular weight excluding hydrogens is 432 g/mol. The number of rotatable bonds is 7. The summed E-state index contributed by atoms with van der Waals surface area (Å²) >= 11 is 5.86. The van der Waals surface area contributed by atoms with Gasteiger partial charge in [0.15, 0.2) is 0 Å². The first-order valence-electron chi connectivity index (χ1n) is 10.5. The summed E-state index contributed by atoms with van der Waals surface area (Å²) in [4.78, 5) is 54.2. The second-order valence-corrected chi connectivity index (χ2v) is 7.92. The number of hydrogen-bond donors (Lipinski definition) is 2. The molecule has 32 heavy (non-hydrogen) atoms. The van der Waals surface area contributed by atoms with Crippen molar-refractivity contribution in [3.8, 4) is 0 Å². The van der Waals surface area contributed by atoms with Gasteiger partial charge in [0.05, 0.1) is 5.69 Å². The summed E-state index contributed by atoms with van der Waals surface area (Å²) in [5.41, 5.74) is 1.03. The summed E-state index contributed by atoms with van der Waals surface area (Å²) in [6, 6.07) is 5.71. The van der Waals surface area contributed by atoms with Crippen molar-refractivity contribution in [3.05, 3.63) is 68.4 Å². The van der Waals surface area contributed by atoms with Crippen LogP contribution in [0.1, 0.15) is 59.7 Å². The van der Waals surface area contributed by atoms with Crippen LogP contribution in [0, 0.1) is 6.92 Å². The van der Waals surface area contributed by atoms with E-state index in [0.717, 1.165) is 6.42 Å². The van der Waals surface area contributed by atoms with Gasteiger partial charge in [0.2, 0.25) is 11.8 Å². The van der Waals surface area contributed by atoms with Gasteiger partial charge in [0.25, 0.3) is 11.5 Å². The van der Waals surface area contributed by atoms with Crippen molar-refractivity contribution in [3.63, 3.8) is 0 Å². The lowest BCUT2D eigenvalue weighted by atomic mass is 10.0. The Morgan fingerprint density at radius 2 is 2.00 bits per heavy atom. The fourth-order valence-corrected chi connectivity index (χ4v) is 3.73. The van der Waals surface area contributed by atoms with E-state index in [1.807, 2.05) is 13.0 Å². The van der Waals surface area contributed by atoms with E-state index in [0.29, 0.717) is 27.7 Å². The van der Waals surface area contributed by atoms with Crippen LogP contribution in [0.3, 0.4) is 0 Å². The number of nitrogens with one attached hydrogen (secondary N) is 2. The molecule has 1 aliphatic rings. The predicted molar refractivity (Wildman–Crippen MR) is 121 cm³/mol. The van der Waals surface area contributed by atoms with Gasteiger partial charge >= 0.3 is 0 Å². The molecule has 0 radical (unpaired) electrons. The van der Waals surface area contributed by atoms with E-state index < -0.39 is 11.9 Å². The molecule has 3 rings (SSSR count). The van der Waals surface area contributed by atoms with E-state index in [4.69, 9.17) is 11.6 Å². The Labute approximate surface area is 190 Å². The Morgan fingerprint density at radius 3 is 2.66 bits per heavy atom. The van der Waals surface area contributed by atoms with Gasteiger partial charge < -0.3 is 5.32 Å². The summed E-state index contributed by atoms with van der Waals surface area (Å²) < 4.78 is 1.35. The second-order valence-electron chi connectivity index (χ2n) is 7.49. The first kappa shape index (κ1) is 23.4. The molecule has 1 aliphatic heterocycles. The highest BCUT2D eigenvalue weighted by molar-refractivity contribution is 6.30. The number of allylic oxidation sites excluding steroid dienone is 1. The highest BCUT2D eigenvalue weighted by Gasteiger charge is 2.31. The molecule has 2 heterocycles. The Hall–Kier alpha value is -3.26. The lowest BCUT2D eigenvalue weighted by Gasteiger charge is -2.25. The molecule has 1 atom stereocenters. The van der Waals surface area contributed by atoms with Crippen LogP contribution >= 0.6 is 11.6 Å². The van der Waals surface area contributed by atoms with Gasteiger partial charge in [-0.15, -0.1) is 0 Å². The van der Waals surface area contributed by atoms with Crippen molar-refractivity contribution >= 4 is 35.4 Å². The monoisotopic (exact) mass is 456 g/mol. The normalized spacial score (nSPS) is 16.3. The fourth-order valence-electron chi connectivity index (χ4n) is 3.60. The molecule has 1 saturated heterocycles. The number of carbonyl (C=O) groups excluding carboxylic acids is 3. The van der Waals surface area contributed by atoms with E-state index in [1.165, 1.54) is 4.57 Å². The molecule has 1 unspecified atom stereocenters. The summed E-state index contributed by atoms with van der Waals surface area (Å²) in [5.74, 6) is -0.739. The van der Waals surface area contributed by atoms with Crippen LogP contribution in [0.25, 0.3) is 6.08 Å². The zero-order chi connectivity index (χ0) is 23.3. The molecule has 2 aromatic rings. The molecule has 1 aromatic heterocycles. The van der Waals surface area contributed by atoms with Crippen LogP contribution in [0.4, 0.5) is 0 Å². The number of amides is 3. The summed E-state index contributed by atoms with van der Waals surface area (Å²) in [7, 11) is 0. The summed E-state index contributed by atoms with van der Waals surface area (Å²) in [6.07, 6.45) is 5.08. The minimum absolute atomic E-state index is 0.159. The molecule has 9 heteroatoms. The molecule has 1 fully saturated rings. The van der Waals surface area contributed by atoms with E-state index in [9.17, 15) is 19.2 Å². The maximum Gasteiger partial charge on any atom is 0.258 e. The molecule has 168 valence electrons. The van der Waals surface area contributed by atoms with Crippen LogP contribution in [0.15, 0.2) is 35.1 Å². The van der Waals surface area contributed by atoms with Crippen molar-refractivity contribution in [2.24, 2.45) is 0 Å². The van der Waals surface area contributed by atoms with Gasteiger partial charge in [-0.2, -0.15) is 0 Å². The average Bonchev–Trinajstić information content (AvgIpc) is 2.75. The number of carbonyl (C=O) groups is 3. The predicted octanol–water partition coefficient (Wildman–Crippen LogP) is 2.58. The number of nitrogens with zero attached hydrogens (tertiary/aromatic N) is 2. The van der Waals surface area contributed by atoms with Gasteiger partial charge in [-0.1, -0.05) is 24.6 Å². The van der Waals surface area contributed by atoms with Crippen molar-refractivity contribution in [2.45, 2.75) is 45.6 Å². The Morgan fingerprint density at radius 1 is 1.28 bits per heavy atom. The quantitative estimate of drug-likeness (QED) is 0.622. The van der Waals surface area contributed by atoms with E-state index >= 15 is 0 Å². The van der Waals surface area contributed by atoms with Crippen LogP contribution in [-0.4, -0.2) is 33.8 Å². The van der Waals surface area contributed by atoms with Gasteiger partial charge in [0, 0.05) is 29.1 Å². The average molecular weight is 457 g/mol. The molecule has 0 aliphatic carbocycles. The number of benzene rings is 1. The lowest BCUT2D eigenvalue weighted by molar-refractivity contribution is -0.135. The Balaban J connectivity index is 1.87. The lowest BCUT2D eigenvalue weighted by Crippen LogP contribution is -2.46. The molecule has 0 saturated carbocycles. The topological polar surface area (TPSA) is 110 Å². The molecule has 3 amide bonds. The highest BCUT2D eigenvalue weighted by atomic mass is 35.5. The van der Waals surface area contributed by atoms with Crippen molar-refractivity contribution in [2.75, 3.05) is 6.54 Å². The van der Waals surface area contributed by atoms with Gasteiger partial charge in [0.1, 0.15) is 11.9 Å². The molecule has 1 aromatic carbocycles. The standard InChI is InChI=1S/C23H25ClN4O4/c1-3-4-5-18-17(12-13-25-21(30)15-6-8-16(24)9-7-15)23(32)28(14(2)26-18)19-10-11-20(29)27-22(19)31/h4-9,19H,3,10-13H2,1-2H3,(H,25,30)(H,27,29,31)/b5-4-. The molecule has 0 spiro atoms. The van der Waals surface area contributed by atoms with Crippen LogP contribution in [0.5, 0.6) is 0 Å². The Bertz CT molecular complexity index is 1120. The highest BCUT2D eigenvalue weighted by Crippen LogP contribution is 2.19. The fraction of sp³-hybridized carbons (Fsp3) is 0.348. The maximum atomic E-state index is 13.4. The number of hydrogen-bond acceptors (Lipinski definition) is 5. The molecular formula is C23H25ClN4O4. The van der Waals surface area contributed by atoms with Crippen LogP contribution in [0.2, 0.25) is 5.02 Å². The number of aryl methyl sites for hydroxylation is 1. The summed E-state index contributed by atoms with van der Waals surface area (Å²) in [5, 5.41) is 5.62. The van der Waals surface area contributed by atoms with Crippen molar-refractivity contribution in [1.82, 2.24) is 20.2 Å². The molecule has 8 nitrogen and oxygen atoms in total. The van der Waals surface area contributed by atoms with E-state index in [1.54, 1.807) is 37.3 Å². The number of halogens is 1. The molecule has 0 bridgehead atoms. The van der Waals surface area contributed by atoms with E-state index in [2.05, 4.69) is 15.6 Å². The minimum Gasteiger partial charge on any atom is -0.352 e. The largest absolute Gasteiger partial charge is 0.352 e. The zero-order valence-electron chi connectivity index (χ0n) is 18.0. The first-order chi connectivity index (χ1) is 15.3. The third-order valence-corrected chi connectivity index (χ3v) is 5.47. The van der Waals surface area contributed by atoms with Crippen LogP contribution < -0.4 is 16.2 Å². The zero-order valence-corrected chi connectivity index (χ0v) is 18.7. The third kappa shape index (κ3) is 5.31. The third-order valence-electron chi connectivity index (χ3n) is 5.22. The number of aromatic nitrogens is 2. The molecule has 2 N–H and O–H groups in total. The van der Waals surface area contributed by atoms with Crippen molar-refractivity contribution in [1.29, 1.82) is 0 Å². The smallest absolute Gasteiger partial charge is 0.258 e. The van der Waals surface area contributed by atoms with Gasteiger partial charge in [-0.3, -0.25) is 29.1 Å². The van der Waals surface area contributed by atoms with E-state index in [-0.39, 0.29) is 43.2 Å². The Kier molecular flexibility index (Phi) is 7.58. The van der Waals surface area contributed by atoms with Gasteiger partial charge in [-0.25, -0.2) is 4.98 Å². The second kappa shape index (κ2) is 10.4. The number of piperidine rings is 1. The summed E-state index contributed by atoms with van der Waals surface area (Å²) in [6.45, 7) is 3.85. The number of imide groups is 1.